The van der Waals surface area contributed by atoms with E-state index in [1.165, 1.54) is 49.2 Å². The molecule has 0 radical (unpaired) electrons. The molecule has 3 heteroatoms. The predicted octanol–water partition coefficient (Wildman–Crippen LogP) is 11.3. The molecule has 7 aromatic carbocycles. The van der Waals surface area contributed by atoms with Crippen molar-refractivity contribution in [3.05, 3.63) is 158 Å². The summed E-state index contributed by atoms with van der Waals surface area (Å²) in [4.78, 5) is 0. The van der Waals surface area contributed by atoms with Gasteiger partial charge in [0.25, 0.3) is 0 Å². The lowest BCUT2D eigenvalue weighted by molar-refractivity contribution is 0.476. The molecule has 1 aliphatic rings. The van der Waals surface area contributed by atoms with Gasteiger partial charge in [-0.25, -0.2) is 0 Å². The zero-order valence-corrected chi connectivity index (χ0v) is 24.3. The zero-order chi connectivity index (χ0) is 29.5. The van der Waals surface area contributed by atoms with Crippen LogP contribution in [0.2, 0.25) is 0 Å². The van der Waals surface area contributed by atoms with Gasteiger partial charge in [-0.1, -0.05) is 103 Å². The molecule has 9 aromatic rings. The van der Waals surface area contributed by atoms with E-state index in [0.29, 0.717) is 0 Å². The Balaban J connectivity index is 1.04. The first kappa shape index (κ1) is 24.4. The van der Waals surface area contributed by atoms with Gasteiger partial charge < -0.3 is 13.9 Å². The van der Waals surface area contributed by atoms with E-state index < -0.39 is 0 Å². The van der Waals surface area contributed by atoms with Crippen molar-refractivity contribution in [3.8, 4) is 45.1 Å². The van der Waals surface area contributed by atoms with Crippen molar-refractivity contribution in [3.63, 3.8) is 0 Å². The normalized spacial score (nSPS) is 12.2. The van der Waals surface area contributed by atoms with Crippen LogP contribution in [0.4, 0.5) is 0 Å². The van der Waals surface area contributed by atoms with Gasteiger partial charge in [0.05, 0.1) is 27.8 Å². The summed E-state index contributed by atoms with van der Waals surface area (Å²) in [5.41, 5.74) is 11.7. The van der Waals surface area contributed by atoms with E-state index in [0.717, 1.165) is 39.5 Å². The summed E-state index contributed by atoms with van der Waals surface area (Å²) in [5, 5.41) is 5.01. The molecule has 10 rings (SSSR count). The maximum atomic E-state index is 6.54. The second-order valence-electron chi connectivity index (χ2n) is 11.8. The molecule has 1 aliphatic heterocycles. The zero-order valence-electron chi connectivity index (χ0n) is 24.3. The maximum Gasteiger partial charge on any atom is 0.152 e. The number of hydrogen-bond donors (Lipinski definition) is 0. The van der Waals surface area contributed by atoms with Crippen molar-refractivity contribution in [2.24, 2.45) is 0 Å². The fraction of sp³-hybridized carbons (Fsp3) is 0. The van der Waals surface area contributed by atoms with Crippen molar-refractivity contribution in [2.45, 2.75) is 0 Å². The van der Waals surface area contributed by atoms with Crippen molar-refractivity contribution in [1.29, 1.82) is 0 Å². The Morgan fingerprint density at radius 2 is 0.889 bits per heavy atom. The lowest BCUT2D eigenvalue weighted by Gasteiger charge is -2.21. The number of rotatable bonds is 3. The summed E-state index contributed by atoms with van der Waals surface area (Å²) < 4.78 is 11.2. The van der Waals surface area contributed by atoms with Crippen LogP contribution >= 0.6 is 0 Å². The van der Waals surface area contributed by atoms with Crippen molar-refractivity contribution in [1.82, 2.24) is 9.13 Å². The number of aromatic nitrogens is 2. The first-order valence-electron chi connectivity index (χ1n) is 15.4. The van der Waals surface area contributed by atoms with Gasteiger partial charge in [0, 0.05) is 27.2 Å². The number of nitrogens with zero attached hydrogens (tertiary/aromatic N) is 2. The molecular formula is C42H26N2O. The van der Waals surface area contributed by atoms with Crippen LogP contribution in [0.5, 0.6) is 11.5 Å². The summed E-state index contributed by atoms with van der Waals surface area (Å²) >= 11 is 0. The third-order valence-corrected chi connectivity index (χ3v) is 9.31. The number of ether oxygens (including phenoxy) is 1. The highest BCUT2D eigenvalue weighted by Gasteiger charge is 2.23. The number of fused-ring (bicyclic) bond motifs is 8. The van der Waals surface area contributed by atoms with Crippen LogP contribution < -0.4 is 4.74 Å². The average molecular weight is 575 g/mol. The fourth-order valence-corrected chi connectivity index (χ4v) is 7.28. The topological polar surface area (TPSA) is 19.1 Å². The molecule has 3 nitrogen and oxygen atoms in total. The van der Waals surface area contributed by atoms with Gasteiger partial charge in [0.15, 0.2) is 11.5 Å². The number of para-hydroxylation sites is 4. The molecule has 0 aliphatic carbocycles. The Bertz CT molecular complexity index is 2570. The van der Waals surface area contributed by atoms with Gasteiger partial charge in [-0.2, -0.15) is 0 Å². The van der Waals surface area contributed by atoms with Crippen molar-refractivity contribution in [2.75, 3.05) is 0 Å². The molecule has 0 saturated heterocycles. The minimum atomic E-state index is 0.870. The molecule has 0 atom stereocenters. The molecule has 45 heavy (non-hydrogen) atoms. The SMILES string of the molecule is c1cc(-c2ccc(-n3c4ccccc4c4ccccc43)cc2)cc(-c2ccc3c(c2)Oc2cccc4c5ccccc5n-3c24)c1. The second kappa shape index (κ2) is 9.22. The van der Waals surface area contributed by atoms with Crippen LogP contribution in [0.15, 0.2) is 158 Å². The highest BCUT2D eigenvalue weighted by molar-refractivity contribution is 6.12. The standard InChI is InChI=1S/C42H26N2O/c1-4-15-36-32(11-1)33-12-2-5-16-37(33)43(36)31-22-19-27(20-23-31)28-9-7-10-29(25-28)30-21-24-39-41(26-30)45-40-18-8-14-35-34-13-3-6-17-38(34)44(39)42(35)40/h1-26H. The van der Waals surface area contributed by atoms with E-state index in [1.54, 1.807) is 0 Å². The van der Waals surface area contributed by atoms with Crippen LogP contribution in [0.25, 0.3) is 77.2 Å². The van der Waals surface area contributed by atoms with Crippen LogP contribution in [-0.2, 0) is 0 Å². The Kier molecular flexibility index (Phi) is 5.00. The Hall–Kier alpha value is -6.06. The molecular weight excluding hydrogens is 548 g/mol. The second-order valence-corrected chi connectivity index (χ2v) is 11.8. The van der Waals surface area contributed by atoms with Crippen molar-refractivity contribution >= 4 is 43.6 Å². The summed E-state index contributed by atoms with van der Waals surface area (Å²) in [7, 11) is 0. The largest absolute Gasteiger partial charge is 0.453 e. The first-order chi connectivity index (χ1) is 22.3. The van der Waals surface area contributed by atoms with Crippen LogP contribution in [0, 0.1) is 0 Å². The van der Waals surface area contributed by atoms with E-state index in [-0.39, 0.29) is 0 Å². The summed E-state index contributed by atoms with van der Waals surface area (Å²) in [5.74, 6) is 1.76. The Labute approximate surface area is 259 Å². The monoisotopic (exact) mass is 574 g/mol. The van der Waals surface area contributed by atoms with E-state index in [2.05, 4.69) is 167 Å². The fourth-order valence-electron chi connectivity index (χ4n) is 7.28. The molecule has 0 N–H and O–H groups in total. The summed E-state index contributed by atoms with van der Waals surface area (Å²) in [6, 6.07) is 56.5. The third-order valence-electron chi connectivity index (χ3n) is 9.31. The minimum absolute atomic E-state index is 0.870. The maximum absolute atomic E-state index is 6.54. The van der Waals surface area contributed by atoms with Gasteiger partial charge in [0.1, 0.15) is 0 Å². The van der Waals surface area contributed by atoms with Gasteiger partial charge >= 0.3 is 0 Å². The summed E-state index contributed by atoms with van der Waals surface area (Å²) in [6.45, 7) is 0. The number of hydrogen-bond acceptors (Lipinski definition) is 1. The van der Waals surface area contributed by atoms with Gasteiger partial charge in [-0.3, -0.25) is 0 Å². The average Bonchev–Trinajstić information content (AvgIpc) is 3.63. The molecule has 0 unspecified atom stereocenters. The van der Waals surface area contributed by atoms with Gasteiger partial charge in [-0.05, 0) is 76.9 Å². The van der Waals surface area contributed by atoms with Crippen LogP contribution in [0.3, 0.4) is 0 Å². The summed E-state index contributed by atoms with van der Waals surface area (Å²) in [6.07, 6.45) is 0. The lowest BCUT2D eigenvalue weighted by Crippen LogP contribution is -2.04. The Morgan fingerprint density at radius 3 is 1.60 bits per heavy atom. The minimum Gasteiger partial charge on any atom is -0.453 e. The smallest absolute Gasteiger partial charge is 0.152 e. The molecule has 0 amide bonds. The lowest BCUT2D eigenvalue weighted by atomic mass is 9.98. The third kappa shape index (κ3) is 3.52. The van der Waals surface area contributed by atoms with E-state index in [4.69, 9.17) is 4.74 Å². The molecule has 3 heterocycles. The van der Waals surface area contributed by atoms with Gasteiger partial charge in [-0.15, -0.1) is 0 Å². The van der Waals surface area contributed by atoms with Gasteiger partial charge in [0.2, 0.25) is 0 Å². The van der Waals surface area contributed by atoms with E-state index in [1.807, 2.05) is 0 Å². The Morgan fingerprint density at radius 1 is 0.356 bits per heavy atom. The molecule has 210 valence electrons. The van der Waals surface area contributed by atoms with E-state index in [9.17, 15) is 0 Å². The van der Waals surface area contributed by atoms with E-state index >= 15 is 0 Å². The van der Waals surface area contributed by atoms with Crippen LogP contribution in [0.1, 0.15) is 0 Å². The molecule has 0 fully saturated rings. The highest BCUT2D eigenvalue weighted by Crippen LogP contribution is 2.46. The number of benzene rings is 7. The van der Waals surface area contributed by atoms with Crippen LogP contribution in [-0.4, -0.2) is 9.13 Å². The molecule has 2 aromatic heterocycles. The molecule has 0 saturated carbocycles. The molecule has 0 spiro atoms. The molecule has 0 bridgehead atoms. The highest BCUT2D eigenvalue weighted by atomic mass is 16.5. The quantitative estimate of drug-likeness (QED) is 0.205. The first-order valence-corrected chi connectivity index (χ1v) is 15.4. The van der Waals surface area contributed by atoms with Crippen molar-refractivity contribution < 1.29 is 4.74 Å². The predicted molar refractivity (Wildman–Crippen MR) is 186 cm³/mol.